The minimum absolute atomic E-state index is 0.350. The lowest BCUT2D eigenvalue weighted by atomic mass is 9.96. The van der Waals surface area contributed by atoms with Crippen LogP contribution in [0.1, 0.15) is 44.1 Å². The second-order valence-electron chi connectivity index (χ2n) is 6.61. The molecule has 0 bridgehead atoms. The van der Waals surface area contributed by atoms with E-state index in [1.165, 1.54) is 0 Å². The van der Waals surface area contributed by atoms with Crippen LogP contribution in [0.4, 0.5) is 0 Å². The minimum atomic E-state index is -0.795. The molecule has 0 radical (unpaired) electrons. The lowest BCUT2D eigenvalue weighted by Crippen LogP contribution is -2.47. The first kappa shape index (κ1) is 16.8. The van der Waals surface area contributed by atoms with Crippen LogP contribution in [0.3, 0.4) is 0 Å². The molecular formula is C18H19ClN2O3. The van der Waals surface area contributed by atoms with Gasteiger partial charge in [0, 0.05) is 5.02 Å². The second-order valence-corrected chi connectivity index (χ2v) is 7.05. The number of amides is 1. The Bertz CT molecular complexity index is 683. The van der Waals surface area contributed by atoms with E-state index in [1.54, 1.807) is 12.1 Å². The largest absolute Gasteiger partial charge is 0.455 e. The molecule has 2 fully saturated rings. The molecule has 1 amide bonds. The van der Waals surface area contributed by atoms with Crippen LogP contribution in [-0.4, -0.2) is 24.0 Å². The third-order valence-corrected chi connectivity index (χ3v) is 5.17. The van der Waals surface area contributed by atoms with Crippen molar-refractivity contribution in [2.24, 2.45) is 0 Å². The topological polar surface area (TPSA) is 79.2 Å². The van der Waals surface area contributed by atoms with E-state index in [4.69, 9.17) is 16.3 Å². The summed E-state index contributed by atoms with van der Waals surface area (Å²) in [4.78, 5) is 24.4. The van der Waals surface area contributed by atoms with Crippen molar-refractivity contribution in [2.75, 3.05) is 6.61 Å². The zero-order valence-corrected chi connectivity index (χ0v) is 14.1. The minimum Gasteiger partial charge on any atom is -0.455 e. The number of ether oxygens (including phenoxy) is 1. The third-order valence-electron chi connectivity index (χ3n) is 4.92. The van der Waals surface area contributed by atoms with Crippen LogP contribution in [0.5, 0.6) is 0 Å². The predicted octanol–water partition coefficient (Wildman–Crippen LogP) is 2.87. The standard InChI is InChI=1S/C18H19ClN2O3/c19-14-5-3-13(4-6-14)18(9-10-18)16(23)24-11-15(22)21-17(12-20)7-1-2-8-17/h3-6H,1-2,7-11H2,(H,21,22). The number of nitriles is 1. The molecule has 3 rings (SSSR count). The van der Waals surface area contributed by atoms with Crippen LogP contribution in [0.25, 0.3) is 0 Å². The van der Waals surface area contributed by atoms with Crippen LogP contribution in [0.15, 0.2) is 24.3 Å². The molecule has 0 saturated heterocycles. The van der Waals surface area contributed by atoms with Gasteiger partial charge in [0.25, 0.3) is 5.91 Å². The first-order chi connectivity index (χ1) is 11.5. The van der Waals surface area contributed by atoms with Crippen LogP contribution < -0.4 is 5.32 Å². The van der Waals surface area contributed by atoms with Crippen LogP contribution in [-0.2, 0) is 19.7 Å². The van der Waals surface area contributed by atoms with Gasteiger partial charge in [0.1, 0.15) is 5.54 Å². The van der Waals surface area contributed by atoms with Gasteiger partial charge in [-0.15, -0.1) is 0 Å². The van der Waals surface area contributed by atoms with Gasteiger partial charge in [0.15, 0.2) is 6.61 Å². The smallest absolute Gasteiger partial charge is 0.317 e. The van der Waals surface area contributed by atoms with Gasteiger partial charge in [0.05, 0.1) is 11.5 Å². The van der Waals surface area contributed by atoms with E-state index in [9.17, 15) is 14.9 Å². The molecule has 1 aromatic carbocycles. The van der Waals surface area contributed by atoms with Crippen molar-refractivity contribution in [3.63, 3.8) is 0 Å². The Kier molecular flexibility index (Phi) is 4.51. The van der Waals surface area contributed by atoms with E-state index in [0.29, 0.717) is 30.7 Å². The Morgan fingerprint density at radius 3 is 2.33 bits per heavy atom. The molecule has 0 spiro atoms. The SMILES string of the molecule is N#CC1(NC(=O)COC(=O)C2(c3ccc(Cl)cc3)CC2)CCCC1. The highest BCUT2D eigenvalue weighted by Gasteiger charge is 2.53. The van der Waals surface area contributed by atoms with Crippen molar-refractivity contribution in [1.82, 2.24) is 5.32 Å². The molecule has 1 aromatic rings. The molecule has 2 aliphatic carbocycles. The maximum Gasteiger partial charge on any atom is 0.317 e. The van der Waals surface area contributed by atoms with Crippen LogP contribution in [0.2, 0.25) is 5.02 Å². The molecule has 126 valence electrons. The number of nitrogens with zero attached hydrogens (tertiary/aromatic N) is 1. The summed E-state index contributed by atoms with van der Waals surface area (Å²) in [6, 6.07) is 9.31. The monoisotopic (exact) mass is 346 g/mol. The maximum absolute atomic E-state index is 12.4. The van der Waals surface area contributed by atoms with Gasteiger partial charge in [-0.3, -0.25) is 9.59 Å². The van der Waals surface area contributed by atoms with Gasteiger partial charge >= 0.3 is 5.97 Å². The van der Waals surface area contributed by atoms with Gasteiger partial charge in [0.2, 0.25) is 0 Å². The highest BCUT2D eigenvalue weighted by molar-refractivity contribution is 6.30. The number of esters is 1. The molecule has 6 heteroatoms. The van der Waals surface area contributed by atoms with Gasteiger partial charge < -0.3 is 10.1 Å². The number of benzene rings is 1. The Morgan fingerprint density at radius 2 is 1.79 bits per heavy atom. The highest BCUT2D eigenvalue weighted by Crippen LogP contribution is 2.49. The summed E-state index contributed by atoms with van der Waals surface area (Å²) in [5.41, 5.74) is -0.580. The molecule has 0 unspecified atom stereocenters. The maximum atomic E-state index is 12.4. The van der Waals surface area contributed by atoms with Crippen molar-refractivity contribution >= 4 is 23.5 Å². The van der Waals surface area contributed by atoms with Crippen molar-refractivity contribution in [2.45, 2.75) is 49.5 Å². The normalized spacial score (nSPS) is 20.0. The van der Waals surface area contributed by atoms with E-state index >= 15 is 0 Å². The molecule has 2 saturated carbocycles. The lowest BCUT2D eigenvalue weighted by Gasteiger charge is -2.22. The van der Waals surface area contributed by atoms with E-state index in [-0.39, 0.29) is 6.61 Å². The zero-order valence-electron chi connectivity index (χ0n) is 13.3. The average molecular weight is 347 g/mol. The molecule has 5 nitrogen and oxygen atoms in total. The summed E-state index contributed by atoms with van der Waals surface area (Å²) in [6.45, 7) is -0.350. The number of hydrogen-bond acceptors (Lipinski definition) is 4. The molecule has 0 aromatic heterocycles. The summed E-state index contributed by atoms with van der Waals surface area (Å²) in [7, 11) is 0. The van der Waals surface area contributed by atoms with Gasteiger partial charge in [-0.05, 0) is 56.2 Å². The van der Waals surface area contributed by atoms with Gasteiger partial charge in [-0.1, -0.05) is 23.7 Å². The van der Waals surface area contributed by atoms with Crippen molar-refractivity contribution < 1.29 is 14.3 Å². The number of halogens is 1. The van der Waals surface area contributed by atoms with Gasteiger partial charge in [-0.25, -0.2) is 0 Å². The number of carbonyl (C=O) groups is 2. The van der Waals surface area contributed by atoms with Crippen molar-refractivity contribution in [3.05, 3.63) is 34.9 Å². The number of hydrogen-bond donors (Lipinski definition) is 1. The molecule has 1 N–H and O–H groups in total. The lowest BCUT2D eigenvalue weighted by molar-refractivity contribution is -0.151. The first-order valence-corrected chi connectivity index (χ1v) is 8.53. The average Bonchev–Trinajstić information content (AvgIpc) is 3.27. The Hall–Kier alpha value is -2.06. The summed E-state index contributed by atoms with van der Waals surface area (Å²) in [6.07, 6.45) is 4.56. The molecule has 0 aliphatic heterocycles. The fraction of sp³-hybridized carbons (Fsp3) is 0.500. The van der Waals surface area contributed by atoms with E-state index in [0.717, 1.165) is 18.4 Å². The van der Waals surface area contributed by atoms with Crippen LogP contribution >= 0.6 is 11.6 Å². The summed E-state index contributed by atoms with van der Waals surface area (Å²) in [5.74, 6) is -0.809. The molecule has 24 heavy (non-hydrogen) atoms. The van der Waals surface area contributed by atoms with Crippen LogP contribution in [0, 0.1) is 11.3 Å². The predicted molar refractivity (Wildman–Crippen MR) is 88.3 cm³/mol. The van der Waals surface area contributed by atoms with E-state index in [2.05, 4.69) is 11.4 Å². The van der Waals surface area contributed by atoms with Crippen molar-refractivity contribution in [3.8, 4) is 6.07 Å². The third kappa shape index (κ3) is 3.25. The van der Waals surface area contributed by atoms with Gasteiger partial charge in [-0.2, -0.15) is 5.26 Å². The number of nitrogens with one attached hydrogen (secondary N) is 1. The zero-order chi connectivity index (χ0) is 17.2. The Balaban J connectivity index is 1.57. The summed E-state index contributed by atoms with van der Waals surface area (Å²) in [5, 5.41) is 12.6. The van der Waals surface area contributed by atoms with E-state index in [1.807, 2.05) is 12.1 Å². The molecular weight excluding hydrogens is 328 g/mol. The fourth-order valence-corrected chi connectivity index (χ4v) is 3.45. The Labute approximate surface area is 145 Å². The highest BCUT2D eigenvalue weighted by atomic mass is 35.5. The Morgan fingerprint density at radius 1 is 1.17 bits per heavy atom. The second kappa shape index (κ2) is 6.45. The number of rotatable bonds is 5. The first-order valence-electron chi connectivity index (χ1n) is 8.15. The molecule has 0 atom stereocenters. The quantitative estimate of drug-likeness (QED) is 0.831. The molecule has 0 heterocycles. The summed E-state index contributed by atoms with van der Waals surface area (Å²) >= 11 is 5.88. The number of carbonyl (C=O) groups excluding carboxylic acids is 2. The molecule has 2 aliphatic rings. The van der Waals surface area contributed by atoms with Crippen molar-refractivity contribution in [1.29, 1.82) is 5.26 Å². The van der Waals surface area contributed by atoms with E-state index < -0.39 is 22.8 Å². The fourth-order valence-electron chi connectivity index (χ4n) is 3.32. The summed E-state index contributed by atoms with van der Waals surface area (Å²) < 4.78 is 5.22.